The summed E-state index contributed by atoms with van der Waals surface area (Å²) < 4.78 is 22.5. The number of hydrogen-bond donors (Lipinski definition) is 2. The molecule has 2 rings (SSSR count). The summed E-state index contributed by atoms with van der Waals surface area (Å²) in [4.78, 5) is 2.47. The fourth-order valence-electron chi connectivity index (χ4n) is 2.64. The molecule has 5 nitrogen and oxygen atoms in total. The number of rotatable bonds is 5. The zero-order valence-electron chi connectivity index (χ0n) is 12.7. The van der Waals surface area contributed by atoms with Crippen LogP contribution in [0.4, 0.5) is 5.69 Å². The van der Waals surface area contributed by atoms with Crippen LogP contribution in [0.3, 0.4) is 0 Å². The molecule has 0 atom stereocenters. The van der Waals surface area contributed by atoms with Crippen LogP contribution in [-0.4, -0.2) is 34.1 Å². The summed E-state index contributed by atoms with van der Waals surface area (Å²) in [6, 6.07) is 7.38. The van der Waals surface area contributed by atoms with Crippen molar-refractivity contribution in [2.75, 3.05) is 24.5 Å². The highest BCUT2D eigenvalue weighted by Crippen LogP contribution is 2.24. The van der Waals surface area contributed by atoms with Gasteiger partial charge in [-0.15, -0.1) is 0 Å². The van der Waals surface area contributed by atoms with Crippen LogP contribution in [0.15, 0.2) is 29.2 Å². The third kappa shape index (κ3) is 4.69. The first-order valence-electron chi connectivity index (χ1n) is 7.47. The molecule has 6 heteroatoms. The number of nitrogens with one attached hydrogen (secondary N) is 1. The Balaban J connectivity index is 1.90. The van der Waals surface area contributed by atoms with Crippen molar-refractivity contribution >= 4 is 15.7 Å². The van der Waals surface area contributed by atoms with Crippen LogP contribution in [0.5, 0.6) is 0 Å². The van der Waals surface area contributed by atoms with Gasteiger partial charge in [-0.25, -0.2) is 13.6 Å². The van der Waals surface area contributed by atoms with E-state index in [2.05, 4.69) is 24.1 Å². The summed E-state index contributed by atoms with van der Waals surface area (Å²) in [6.45, 7) is 7.44. The molecule has 0 unspecified atom stereocenters. The number of primary sulfonamides is 1. The van der Waals surface area contributed by atoms with E-state index in [1.54, 1.807) is 12.1 Å². The van der Waals surface area contributed by atoms with Gasteiger partial charge >= 0.3 is 0 Å². The highest BCUT2D eigenvalue weighted by molar-refractivity contribution is 7.89. The Morgan fingerprint density at radius 3 is 2.29 bits per heavy atom. The molecule has 1 aliphatic heterocycles. The molecule has 0 amide bonds. The summed E-state index contributed by atoms with van der Waals surface area (Å²) in [5, 5.41) is 8.61. The van der Waals surface area contributed by atoms with Gasteiger partial charge in [0.15, 0.2) is 0 Å². The van der Waals surface area contributed by atoms with E-state index in [0.29, 0.717) is 6.04 Å². The molecule has 1 saturated heterocycles. The zero-order chi connectivity index (χ0) is 15.5. The van der Waals surface area contributed by atoms with E-state index in [0.717, 1.165) is 44.1 Å². The maximum Gasteiger partial charge on any atom is 0.238 e. The Hall–Kier alpha value is -1.11. The third-order valence-electron chi connectivity index (χ3n) is 3.96. The minimum absolute atomic E-state index is 0.169. The second kappa shape index (κ2) is 6.77. The molecule has 1 heterocycles. The van der Waals surface area contributed by atoms with Crippen molar-refractivity contribution in [3.63, 3.8) is 0 Å². The summed E-state index contributed by atoms with van der Waals surface area (Å²) >= 11 is 0. The molecule has 0 bridgehead atoms. The number of benzene rings is 1. The van der Waals surface area contributed by atoms with Crippen molar-refractivity contribution in [1.82, 2.24) is 5.32 Å². The van der Waals surface area contributed by atoms with Crippen LogP contribution in [0.25, 0.3) is 0 Å². The van der Waals surface area contributed by atoms with Crippen molar-refractivity contribution in [2.45, 2.75) is 37.6 Å². The summed E-state index contributed by atoms with van der Waals surface area (Å²) in [7, 11) is -3.60. The molecule has 1 aromatic carbocycles. The Bertz CT molecular complexity index is 547. The first kappa shape index (κ1) is 16.3. The Labute approximate surface area is 127 Å². The lowest BCUT2D eigenvalue weighted by atomic mass is 9.96. The van der Waals surface area contributed by atoms with Crippen LogP contribution in [-0.2, 0) is 10.0 Å². The summed E-state index contributed by atoms with van der Waals surface area (Å²) in [5.74, 6) is 0.729. The van der Waals surface area contributed by atoms with Gasteiger partial charge in [0.2, 0.25) is 10.0 Å². The average molecular weight is 311 g/mol. The number of hydrogen-bond acceptors (Lipinski definition) is 4. The van der Waals surface area contributed by atoms with Crippen molar-refractivity contribution in [2.24, 2.45) is 11.1 Å². The summed E-state index contributed by atoms with van der Waals surface area (Å²) in [6.07, 6.45) is 2.33. The number of anilines is 1. The van der Waals surface area contributed by atoms with Gasteiger partial charge in [0, 0.05) is 24.8 Å². The normalized spacial score (nSPS) is 17.4. The van der Waals surface area contributed by atoms with Crippen molar-refractivity contribution < 1.29 is 8.42 Å². The lowest BCUT2D eigenvalue weighted by Crippen LogP contribution is -2.38. The molecule has 0 saturated carbocycles. The Morgan fingerprint density at radius 1 is 1.24 bits per heavy atom. The number of nitrogens with two attached hydrogens (primary N) is 1. The van der Waals surface area contributed by atoms with E-state index in [1.807, 2.05) is 12.1 Å². The highest BCUT2D eigenvalue weighted by Gasteiger charge is 2.19. The minimum atomic E-state index is -3.60. The smallest absolute Gasteiger partial charge is 0.238 e. The van der Waals surface area contributed by atoms with Crippen molar-refractivity contribution in [1.29, 1.82) is 0 Å². The first-order valence-corrected chi connectivity index (χ1v) is 9.02. The van der Waals surface area contributed by atoms with Gasteiger partial charge in [-0.1, -0.05) is 13.8 Å². The number of nitrogens with zero attached hydrogens (tertiary/aromatic N) is 1. The van der Waals surface area contributed by atoms with Crippen molar-refractivity contribution in [3.8, 4) is 0 Å². The predicted octanol–water partition coefficient (Wildman–Crippen LogP) is 1.55. The molecule has 1 aliphatic rings. The second-order valence-electron chi connectivity index (χ2n) is 6.03. The largest absolute Gasteiger partial charge is 0.372 e. The lowest BCUT2D eigenvalue weighted by molar-refractivity contribution is 0.371. The molecule has 0 aromatic heterocycles. The fourth-order valence-corrected chi connectivity index (χ4v) is 3.16. The monoisotopic (exact) mass is 311 g/mol. The minimum Gasteiger partial charge on any atom is -0.372 e. The third-order valence-corrected chi connectivity index (χ3v) is 4.89. The summed E-state index contributed by atoms with van der Waals surface area (Å²) in [5.41, 5.74) is 1.07. The molecule has 1 aromatic rings. The predicted molar refractivity (Wildman–Crippen MR) is 85.9 cm³/mol. The van der Waals surface area contributed by atoms with Crippen LogP contribution in [0.1, 0.15) is 26.7 Å². The van der Waals surface area contributed by atoms with E-state index < -0.39 is 10.0 Å². The van der Waals surface area contributed by atoms with Gasteiger partial charge in [0.05, 0.1) is 4.90 Å². The van der Waals surface area contributed by atoms with E-state index >= 15 is 0 Å². The fraction of sp³-hybridized carbons (Fsp3) is 0.600. The van der Waals surface area contributed by atoms with Gasteiger partial charge < -0.3 is 10.2 Å². The lowest BCUT2D eigenvalue weighted by Gasteiger charge is -2.34. The van der Waals surface area contributed by atoms with E-state index in [9.17, 15) is 8.42 Å². The van der Waals surface area contributed by atoms with Gasteiger partial charge in [-0.05, 0) is 49.6 Å². The molecular weight excluding hydrogens is 286 g/mol. The van der Waals surface area contributed by atoms with E-state index in [1.165, 1.54) is 0 Å². The second-order valence-corrected chi connectivity index (χ2v) is 7.59. The van der Waals surface area contributed by atoms with Gasteiger partial charge in [-0.3, -0.25) is 0 Å². The molecule has 118 valence electrons. The van der Waals surface area contributed by atoms with E-state index in [4.69, 9.17) is 5.14 Å². The van der Waals surface area contributed by atoms with Crippen LogP contribution in [0.2, 0.25) is 0 Å². The van der Waals surface area contributed by atoms with E-state index in [-0.39, 0.29) is 4.90 Å². The molecule has 0 spiro atoms. The maximum atomic E-state index is 11.2. The van der Waals surface area contributed by atoms with Crippen LogP contribution >= 0.6 is 0 Å². The SMILES string of the molecule is CC(C)NCC1CCN(c2ccc(S(N)(=O)=O)cc2)CC1. The van der Waals surface area contributed by atoms with Crippen molar-refractivity contribution in [3.05, 3.63) is 24.3 Å². The zero-order valence-corrected chi connectivity index (χ0v) is 13.6. The molecule has 0 aliphatic carbocycles. The molecule has 3 N–H and O–H groups in total. The van der Waals surface area contributed by atoms with Gasteiger partial charge in [-0.2, -0.15) is 0 Å². The quantitative estimate of drug-likeness (QED) is 0.865. The Morgan fingerprint density at radius 2 is 1.81 bits per heavy atom. The number of piperidine rings is 1. The molecule has 0 radical (unpaired) electrons. The highest BCUT2D eigenvalue weighted by atomic mass is 32.2. The van der Waals surface area contributed by atoms with Crippen LogP contribution < -0.4 is 15.4 Å². The average Bonchev–Trinajstić information content (AvgIpc) is 2.45. The maximum absolute atomic E-state index is 11.2. The topological polar surface area (TPSA) is 75.4 Å². The van der Waals surface area contributed by atoms with Crippen LogP contribution in [0, 0.1) is 5.92 Å². The standard InChI is InChI=1S/C15H25N3O2S/c1-12(2)17-11-13-7-9-18(10-8-13)14-3-5-15(6-4-14)21(16,19)20/h3-6,12-13,17H,7-11H2,1-2H3,(H2,16,19,20). The Kier molecular flexibility index (Phi) is 5.24. The van der Waals surface area contributed by atoms with Gasteiger partial charge in [0.1, 0.15) is 0 Å². The molecule has 1 fully saturated rings. The number of sulfonamides is 1. The molecular formula is C15H25N3O2S. The first-order chi connectivity index (χ1) is 9.86. The molecule has 21 heavy (non-hydrogen) atoms. The van der Waals surface area contributed by atoms with Gasteiger partial charge in [0.25, 0.3) is 0 Å².